The summed E-state index contributed by atoms with van der Waals surface area (Å²) < 4.78 is 131. The molecule has 6 heterocycles. The minimum atomic E-state index is -4.46. The number of ether oxygens (including phenoxy) is 3. The number of unbranched alkanes of at least 4 members (excludes halogenated alkanes) is 30. The molecule has 6 aliphatic rings. The molecule has 0 aromatic heterocycles. The third kappa shape index (κ3) is 32.5. The lowest BCUT2D eigenvalue weighted by atomic mass is 10.1. The Labute approximate surface area is 611 Å². The van der Waals surface area contributed by atoms with Crippen LogP contribution in [0.1, 0.15) is 246 Å². The van der Waals surface area contributed by atoms with Crippen LogP contribution < -0.4 is 0 Å². The molecule has 0 saturated carbocycles. The van der Waals surface area contributed by atoms with E-state index in [4.69, 9.17) is 56.2 Å². The molecule has 0 radical (unpaired) electrons. The van der Waals surface area contributed by atoms with Crippen LogP contribution in [0.2, 0.25) is 0 Å². The molecule has 0 aliphatic carbocycles. The number of aliphatic hydroxyl groups is 1. The number of hydrogen-bond acceptors (Lipinski definition) is 13. The zero-order valence-electron chi connectivity index (χ0n) is 64.2. The minimum Gasteiger partial charge on any atom is -0.396 e. The molecule has 6 saturated heterocycles. The number of nitrogens with zero attached hydrogens (tertiary/aromatic N) is 12. The molecule has 101 heavy (non-hydrogen) atoms. The summed E-state index contributed by atoms with van der Waals surface area (Å²) in [6.45, 7) is 16.5. The fourth-order valence-electron chi connectivity index (χ4n) is 14.0. The van der Waals surface area contributed by atoms with Crippen molar-refractivity contribution in [1.29, 1.82) is 0 Å². The summed E-state index contributed by atoms with van der Waals surface area (Å²) in [5, 5.41) is 9.15. The molecule has 0 amide bonds. The first-order valence-electron chi connectivity index (χ1n) is 40.3. The Morgan fingerprint density at radius 3 is 0.970 bits per heavy atom. The van der Waals surface area contributed by atoms with Gasteiger partial charge in [-0.2, -0.15) is 14.3 Å². The molecule has 0 spiro atoms. The van der Waals surface area contributed by atoms with Gasteiger partial charge in [0.25, 0.3) is 0 Å². The largest absolute Gasteiger partial charge is 0.472 e. The van der Waals surface area contributed by atoms with E-state index < -0.39 is 49.1 Å². The molecule has 2 N–H and O–H groups in total. The van der Waals surface area contributed by atoms with E-state index in [1.165, 1.54) is 148 Å². The second-order valence-corrected chi connectivity index (χ2v) is 36.4. The number of rotatable bonds is 57. The van der Waals surface area contributed by atoms with E-state index in [1.807, 2.05) is 37.9 Å². The maximum Gasteiger partial charge on any atom is 0.472 e. The molecule has 6 aliphatic heterocycles. The van der Waals surface area contributed by atoms with Gasteiger partial charge in [-0.3, -0.25) is 18.1 Å². The Morgan fingerprint density at radius 2 is 0.653 bits per heavy atom. The van der Waals surface area contributed by atoms with Crippen molar-refractivity contribution in [3.63, 3.8) is 0 Å². The van der Waals surface area contributed by atoms with Crippen LogP contribution in [0.5, 0.6) is 0 Å². The Kier molecular flexibility index (Phi) is 43.6. The smallest absolute Gasteiger partial charge is 0.396 e. The van der Waals surface area contributed by atoms with Gasteiger partial charge in [0, 0.05) is 126 Å². The van der Waals surface area contributed by atoms with Crippen LogP contribution in [0.25, 0.3) is 0 Å². The van der Waals surface area contributed by atoms with Gasteiger partial charge >= 0.3 is 30.8 Å². The third-order valence-electron chi connectivity index (χ3n) is 20.3. The van der Waals surface area contributed by atoms with Gasteiger partial charge in [0.1, 0.15) is 0 Å². The van der Waals surface area contributed by atoms with Crippen molar-refractivity contribution >= 4 is 48.7 Å². The van der Waals surface area contributed by atoms with Crippen molar-refractivity contribution in [2.75, 3.05) is 179 Å². The van der Waals surface area contributed by atoms with Crippen molar-refractivity contribution in [2.24, 2.45) is 14.3 Å². The van der Waals surface area contributed by atoms with Crippen molar-refractivity contribution in [2.45, 2.75) is 264 Å². The molecule has 30 heteroatoms. The van der Waals surface area contributed by atoms with Crippen LogP contribution in [0.3, 0.4) is 0 Å². The minimum absolute atomic E-state index is 0.0157. The lowest BCUT2D eigenvalue weighted by Crippen LogP contribution is -2.46. The summed E-state index contributed by atoms with van der Waals surface area (Å²) in [5.41, 5.74) is 0. The van der Waals surface area contributed by atoms with Gasteiger partial charge in [-0.15, -0.1) is 0 Å². The number of hydrogen-bond donors (Lipinski definition) is 2. The fraction of sp³-hybridized carbons (Fsp3) is 0.958. The summed E-state index contributed by atoms with van der Waals surface area (Å²) in [6, 6.07) is 0. The van der Waals surface area contributed by atoms with E-state index in [0.29, 0.717) is 56.9 Å². The average molecular weight is 1510 g/mol. The highest BCUT2D eigenvalue weighted by atomic mass is 31.2. The van der Waals surface area contributed by atoms with E-state index in [0.717, 1.165) is 97.1 Å². The number of phosphoric acid groups is 1. The first kappa shape index (κ1) is 88.1. The number of phosphoric ester groups is 1. The van der Waals surface area contributed by atoms with Gasteiger partial charge < -0.3 is 58.1 Å². The fourth-order valence-corrected chi connectivity index (χ4v) is 20.6. The number of guanidine groups is 3. The summed E-state index contributed by atoms with van der Waals surface area (Å²) in [6.07, 6.45) is 37.4. The first-order chi connectivity index (χ1) is 49.0. The van der Waals surface area contributed by atoms with Gasteiger partial charge in [0.15, 0.2) is 0 Å². The highest BCUT2D eigenvalue weighted by Gasteiger charge is 2.45. The number of likely N-dealkylation sites (N-methyl/N-ethyl adjacent to an activating group) is 3. The van der Waals surface area contributed by atoms with Crippen LogP contribution in [-0.2, 0) is 55.1 Å². The van der Waals surface area contributed by atoms with E-state index in [-0.39, 0.29) is 92.2 Å². The van der Waals surface area contributed by atoms with Gasteiger partial charge in [-0.1, -0.05) is 207 Å². The van der Waals surface area contributed by atoms with E-state index in [9.17, 15) is 9.46 Å². The van der Waals surface area contributed by atoms with Crippen LogP contribution in [0.15, 0.2) is 14.3 Å². The van der Waals surface area contributed by atoms with Crippen molar-refractivity contribution < 1.29 is 65.1 Å². The molecule has 0 bridgehead atoms. The van der Waals surface area contributed by atoms with Crippen molar-refractivity contribution in [1.82, 2.24) is 43.4 Å². The summed E-state index contributed by atoms with van der Waals surface area (Å²) in [7, 11) is -10.7. The monoisotopic (exact) mass is 1510 g/mol. The molecule has 0 aromatic rings. The first-order valence-corrected chi connectivity index (χ1v) is 46.3. The van der Waals surface area contributed by atoms with Gasteiger partial charge in [-0.25, -0.2) is 32.3 Å². The zero-order chi connectivity index (χ0) is 72.5. The molecular formula is C71H142N12O14P4. The number of morpholine rings is 3. The van der Waals surface area contributed by atoms with Crippen LogP contribution in [0.4, 0.5) is 0 Å². The Bertz CT molecular complexity index is 2540. The molecule has 4 unspecified atom stereocenters. The van der Waals surface area contributed by atoms with E-state index >= 15 is 13.7 Å². The number of aliphatic hydroxyl groups excluding tert-OH is 1. The second-order valence-electron chi connectivity index (χ2n) is 28.9. The topological polar surface area (TPSA) is 249 Å². The highest BCUT2D eigenvalue weighted by Crippen LogP contribution is 2.58. The second kappa shape index (κ2) is 50.0. The van der Waals surface area contributed by atoms with Crippen LogP contribution >= 0.6 is 30.8 Å². The zero-order valence-corrected chi connectivity index (χ0v) is 67.8. The average Bonchev–Trinajstić information content (AvgIpc) is 1.79. The molecule has 590 valence electrons. The van der Waals surface area contributed by atoms with E-state index in [1.54, 1.807) is 14.0 Å². The maximum absolute atomic E-state index is 16.3. The predicted octanol–water partition coefficient (Wildman–Crippen LogP) is 14.7. The maximum atomic E-state index is 16.3. The van der Waals surface area contributed by atoms with Gasteiger partial charge in [-0.05, 0) is 39.0 Å². The quantitative estimate of drug-likeness (QED) is 0.0424. The Hall–Kier alpha value is -1.79. The molecule has 6 rings (SSSR count). The van der Waals surface area contributed by atoms with Crippen molar-refractivity contribution in [3.05, 3.63) is 0 Å². The van der Waals surface area contributed by atoms with Gasteiger partial charge in [0.05, 0.1) is 71.2 Å². The Morgan fingerprint density at radius 1 is 0.366 bits per heavy atom. The molecule has 6 fully saturated rings. The highest BCUT2D eigenvalue weighted by molar-refractivity contribution is 7.56. The summed E-state index contributed by atoms with van der Waals surface area (Å²) in [5.74, 6) is 1.85. The molecule has 26 nitrogen and oxygen atoms in total. The van der Waals surface area contributed by atoms with Crippen LogP contribution in [-0.4, -0.2) is 268 Å². The summed E-state index contributed by atoms with van der Waals surface area (Å²) in [4.78, 5) is 23.5. The van der Waals surface area contributed by atoms with Crippen molar-refractivity contribution in [3.8, 4) is 0 Å². The van der Waals surface area contributed by atoms with E-state index in [2.05, 4.69) is 40.4 Å². The standard InChI is InChI=1S/C71H142N12O14P4/c1-8-12-15-18-21-24-27-30-33-38-43-78-49-46-75(5)69(78)72-98(85,93-11-4)81-52-57-90-66(60-81)63-95-99(86,73-70-76(6)47-50-79(70)44-39-34-31-28-25-22-19-16-13-9-2)82-53-58-91-67(61-82)64-96-100(87,74-71-77(7)48-51-80(71)45-40-35-32-29-26-23-20-17-14-10-3)83-54-59-92-68(62-83)65-97-101(88,89)94-56-42-37-36-41-55-84/h66-68,84H,8-65H2,1-7H3,(H,88,89)/b72-69?,73-70?,74-71-/t66-,67-,68-,98?,99?,100?/m0/s1. The normalized spacial score (nSPS) is 23.7. The third-order valence-corrected chi connectivity index (χ3v) is 27.4. The lowest BCUT2D eigenvalue weighted by molar-refractivity contribution is -0.0466. The predicted molar refractivity (Wildman–Crippen MR) is 408 cm³/mol. The SMILES string of the molecule is CCCCCCCCCCCCN1CCN(C)C1=NP(=O)(OCC)N1CCO[C@H](COP(=O)(N=C2N(C)CCN2CCCCCCCCCCCC)N2CCO[C@H](COP(=O)(/N=C3/N(C)CCN3CCCCCCCCCCCC)N3CCO[C@H](COP(=O)(O)OCCCCCCO)C3)C2)C1. The summed E-state index contributed by atoms with van der Waals surface area (Å²) >= 11 is 0. The van der Waals surface area contributed by atoms with Crippen LogP contribution in [0, 0.1) is 0 Å². The van der Waals surface area contributed by atoms with Gasteiger partial charge in [0.2, 0.25) is 17.9 Å². The molecular weight excluding hydrogens is 1370 g/mol. The lowest BCUT2D eigenvalue weighted by Gasteiger charge is -2.39. The Balaban J connectivity index is 1.20. The molecule has 0 aromatic carbocycles. The molecule has 7 atom stereocenters.